The molecule has 1 aliphatic rings. The van der Waals surface area contributed by atoms with E-state index in [1.165, 1.54) is 0 Å². The van der Waals surface area contributed by atoms with E-state index in [2.05, 4.69) is 10.4 Å². The highest BCUT2D eigenvalue weighted by atomic mass is 35.5. The summed E-state index contributed by atoms with van der Waals surface area (Å²) < 4.78 is 2.00. The van der Waals surface area contributed by atoms with Crippen molar-refractivity contribution in [1.82, 2.24) is 19.4 Å². The molecule has 5 nitrogen and oxygen atoms in total. The van der Waals surface area contributed by atoms with E-state index in [0.29, 0.717) is 46.3 Å². The van der Waals surface area contributed by atoms with Gasteiger partial charge in [-0.2, -0.15) is 0 Å². The summed E-state index contributed by atoms with van der Waals surface area (Å²) in [4.78, 5) is 24.4. The fraction of sp³-hybridized carbons (Fsp3) is 0.269. The Bertz CT molecular complexity index is 1360. The van der Waals surface area contributed by atoms with Gasteiger partial charge in [0.1, 0.15) is 5.69 Å². The maximum atomic E-state index is 13.2. The maximum absolute atomic E-state index is 13.2. The molecule has 3 heterocycles. The zero-order valence-electron chi connectivity index (χ0n) is 19.0. The lowest BCUT2D eigenvalue weighted by atomic mass is 9.97. The van der Waals surface area contributed by atoms with Crippen molar-refractivity contribution >= 4 is 52.0 Å². The summed E-state index contributed by atoms with van der Waals surface area (Å²) in [6.45, 7) is 3.98. The predicted octanol–water partition coefficient (Wildman–Crippen LogP) is 7.34. The maximum Gasteiger partial charge on any atom is 0.274 e. The van der Waals surface area contributed by atoms with E-state index in [4.69, 9.17) is 39.8 Å². The van der Waals surface area contributed by atoms with E-state index < -0.39 is 0 Å². The molecule has 0 spiro atoms. The molecule has 0 N–H and O–H groups in total. The number of carbonyl (C=O) groups is 1. The van der Waals surface area contributed by atoms with Crippen LogP contribution in [0.2, 0.25) is 15.1 Å². The summed E-state index contributed by atoms with van der Waals surface area (Å²) in [5, 5.41) is 4.92. The van der Waals surface area contributed by atoms with E-state index in [-0.39, 0.29) is 5.91 Å². The fourth-order valence-corrected chi connectivity index (χ4v) is 5.77. The van der Waals surface area contributed by atoms with Crippen LogP contribution in [-0.2, 0) is 6.54 Å². The van der Waals surface area contributed by atoms with Crippen LogP contribution in [0.1, 0.15) is 45.5 Å². The van der Waals surface area contributed by atoms with Gasteiger partial charge in [-0.3, -0.25) is 4.79 Å². The van der Waals surface area contributed by atoms with Gasteiger partial charge >= 0.3 is 0 Å². The molecule has 2 aromatic heterocycles. The van der Waals surface area contributed by atoms with Crippen LogP contribution >= 0.6 is 46.1 Å². The molecule has 9 heteroatoms. The van der Waals surface area contributed by atoms with Crippen molar-refractivity contribution < 1.29 is 4.79 Å². The van der Waals surface area contributed by atoms with Gasteiger partial charge in [0.05, 0.1) is 27.1 Å². The molecule has 5 rings (SSSR count). The number of thiazole rings is 1. The fourth-order valence-electron chi connectivity index (χ4n) is 4.34. The average Bonchev–Trinajstić information content (AvgIpc) is 3.50. The van der Waals surface area contributed by atoms with Crippen molar-refractivity contribution in [1.29, 1.82) is 0 Å². The number of benzene rings is 2. The second-order valence-electron chi connectivity index (χ2n) is 8.70. The van der Waals surface area contributed by atoms with Crippen molar-refractivity contribution in [2.45, 2.75) is 32.2 Å². The number of halogens is 3. The number of amides is 1. The van der Waals surface area contributed by atoms with Crippen LogP contribution in [0.3, 0.4) is 0 Å². The molecule has 2 aromatic carbocycles. The van der Waals surface area contributed by atoms with E-state index in [1.54, 1.807) is 23.7 Å². The highest BCUT2D eigenvalue weighted by Crippen LogP contribution is 2.35. The minimum absolute atomic E-state index is 0.00793. The first-order valence-corrected chi connectivity index (χ1v) is 13.4. The minimum Gasteiger partial charge on any atom is -0.337 e. The van der Waals surface area contributed by atoms with Gasteiger partial charge in [0, 0.05) is 47.2 Å². The topological polar surface area (TPSA) is 51.0 Å². The second-order valence-corrected chi connectivity index (χ2v) is 10.8. The zero-order chi connectivity index (χ0) is 24.5. The van der Waals surface area contributed by atoms with Gasteiger partial charge in [0.25, 0.3) is 5.91 Å². The van der Waals surface area contributed by atoms with Crippen LogP contribution in [0, 0.1) is 6.92 Å². The van der Waals surface area contributed by atoms with Gasteiger partial charge in [-0.05, 0) is 49.6 Å². The third kappa shape index (κ3) is 5.26. The largest absolute Gasteiger partial charge is 0.337 e. The lowest BCUT2D eigenvalue weighted by Gasteiger charge is -2.30. The summed E-state index contributed by atoms with van der Waals surface area (Å²) in [5.41, 5.74) is 4.37. The van der Waals surface area contributed by atoms with Gasteiger partial charge in [-0.15, -0.1) is 11.3 Å². The van der Waals surface area contributed by atoms with Crippen LogP contribution in [0.15, 0.2) is 54.2 Å². The van der Waals surface area contributed by atoms with E-state index >= 15 is 0 Å². The molecule has 0 saturated carbocycles. The van der Waals surface area contributed by atoms with Crippen LogP contribution in [-0.4, -0.2) is 38.4 Å². The molecule has 0 bridgehead atoms. The van der Waals surface area contributed by atoms with E-state index in [9.17, 15) is 4.79 Å². The highest BCUT2D eigenvalue weighted by molar-refractivity contribution is 7.10. The van der Waals surface area contributed by atoms with Gasteiger partial charge in [-0.1, -0.05) is 53.0 Å². The van der Waals surface area contributed by atoms with Gasteiger partial charge in [0.15, 0.2) is 0 Å². The summed E-state index contributed by atoms with van der Waals surface area (Å²) in [7, 11) is 0. The Morgan fingerprint density at radius 3 is 2.51 bits per heavy atom. The van der Waals surface area contributed by atoms with Gasteiger partial charge in [-0.25, -0.2) is 9.97 Å². The highest BCUT2D eigenvalue weighted by Gasteiger charge is 2.28. The Labute approximate surface area is 223 Å². The summed E-state index contributed by atoms with van der Waals surface area (Å²) in [6.07, 6.45) is 3.50. The quantitative estimate of drug-likeness (QED) is 0.263. The molecule has 1 amide bonds. The molecule has 180 valence electrons. The third-order valence-electron chi connectivity index (χ3n) is 6.44. The summed E-state index contributed by atoms with van der Waals surface area (Å²) >= 11 is 19.9. The molecule has 0 radical (unpaired) electrons. The molecule has 1 saturated heterocycles. The summed E-state index contributed by atoms with van der Waals surface area (Å²) in [6, 6.07) is 13.3. The molecule has 0 unspecified atom stereocenters. The Morgan fingerprint density at radius 2 is 1.80 bits per heavy atom. The third-order valence-corrected chi connectivity index (χ3v) is 8.44. The lowest BCUT2D eigenvalue weighted by Crippen LogP contribution is -2.38. The lowest BCUT2D eigenvalue weighted by molar-refractivity contribution is 0.0706. The van der Waals surface area contributed by atoms with E-state index in [0.717, 1.165) is 40.4 Å². The van der Waals surface area contributed by atoms with Crippen LogP contribution < -0.4 is 0 Å². The normalized spacial score (nSPS) is 14.5. The standard InChI is InChI=1S/C26H23Cl3N4OS/c1-16-24(30-15-33(16)13-17-2-5-20(27)6-3-17)26(34)32-10-8-18(9-11-32)25-31-23(14-35-25)19-4-7-21(28)22(29)12-19/h2-7,12,14-15,18H,8-11,13H2,1H3. The number of nitrogens with zero attached hydrogens (tertiary/aromatic N) is 4. The number of aromatic nitrogens is 3. The number of piperidine rings is 1. The van der Waals surface area contributed by atoms with Crippen molar-refractivity contribution in [2.24, 2.45) is 0 Å². The average molecular weight is 546 g/mol. The number of rotatable bonds is 5. The summed E-state index contributed by atoms with van der Waals surface area (Å²) in [5.74, 6) is 0.329. The van der Waals surface area contributed by atoms with Crippen molar-refractivity contribution in [2.75, 3.05) is 13.1 Å². The molecule has 0 aliphatic carbocycles. The first kappa shape index (κ1) is 24.3. The smallest absolute Gasteiger partial charge is 0.274 e. The van der Waals surface area contributed by atoms with Crippen molar-refractivity contribution in [3.8, 4) is 11.3 Å². The number of hydrogen-bond acceptors (Lipinski definition) is 4. The Hall–Kier alpha value is -2.38. The number of likely N-dealkylation sites (tertiary alicyclic amines) is 1. The molecule has 1 fully saturated rings. The van der Waals surface area contributed by atoms with Gasteiger partial charge < -0.3 is 9.47 Å². The second kappa shape index (κ2) is 10.3. The van der Waals surface area contributed by atoms with Crippen LogP contribution in [0.25, 0.3) is 11.3 Å². The Morgan fingerprint density at radius 1 is 1.06 bits per heavy atom. The molecular formula is C26H23Cl3N4OS. The van der Waals surface area contributed by atoms with Crippen molar-refractivity contribution in [3.63, 3.8) is 0 Å². The Balaban J connectivity index is 1.22. The predicted molar refractivity (Wildman–Crippen MR) is 143 cm³/mol. The first-order valence-electron chi connectivity index (χ1n) is 11.4. The molecular weight excluding hydrogens is 523 g/mol. The Kier molecular flexibility index (Phi) is 7.17. The first-order chi connectivity index (χ1) is 16.9. The number of imidazole rings is 1. The minimum atomic E-state index is -0.00793. The van der Waals surface area contributed by atoms with Crippen LogP contribution in [0.4, 0.5) is 0 Å². The molecule has 0 atom stereocenters. The van der Waals surface area contributed by atoms with Crippen LogP contribution in [0.5, 0.6) is 0 Å². The SMILES string of the molecule is Cc1c(C(=O)N2CCC(c3nc(-c4ccc(Cl)c(Cl)c4)cs3)CC2)ncn1Cc1ccc(Cl)cc1. The van der Waals surface area contributed by atoms with Crippen molar-refractivity contribution in [3.05, 3.63) is 91.2 Å². The number of carbonyl (C=O) groups excluding carboxylic acids is 1. The monoisotopic (exact) mass is 544 g/mol. The van der Waals surface area contributed by atoms with E-state index in [1.807, 2.05) is 52.8 Å². The van der Waals surface area contributed by atoms with Gasteiger partial charge in [0.2, 0.25) is 0 Å². The number of hydrogen-bond donors (Lipinski definition) is 0. The molecule has 35 heavy (non-hydrogen) atoms. The molecule has 1 aliphatic heterocycles. The zero-order valence-corrected chi connectivity index (χ0v) is 22.1. The molecule has 4 aromatic rings.